The molecule has 0 radical (unpaired) electrons. The van der Waals surface area contributed by atoms with Gasteiger partial charge in [0.05, 0.1) is 5.25 Å². The zero-order valence-corrected chi connectivity index (χ0v) is 12.8. The lowest BCUT2D eigenvalue weighted by Gasteiger charge is -2.22. The summed E-state index contributed by atoms with van der Waals surface area (Å²) in [7, 11) is -1.29. The second-order valence-electron chi connectivity index (χ2n) is 4.73. The maximum atomic E-state index is 11.6. The van der Waals surface area contributed by atoms with Crippen molar-refractivity contribution in [3.8, 4) is 0 Å². The lowest BCUT2D eigenvalue weighted by molar-refractivity contribution is 0.516. The van der Waals surface area contributed by atoms with E-state index in [2.05, 4.69) is 5.32 Å². The van der Waals surface area contributed by atoms with Crippen molar-refractivity contribution in [2.45, 2.75) is 31.6 Å². The van der Waals surface area contributed by atoms with Crippen LogP contribution in [0, 0.1) is 6.92 Å². The second-order valence-corrected chi connectivity index (χ2v) is 7.54. The third kappa shape index (κ3) is 3.97. The van der Waals surface area contributed by atoms with Crippen LogP contribution in [-0.4, -0.2) is 33.0 Å². The summed E-state index contributed by atoms with van der Waals surface area (Å²) >= 11 is 6.17. The van der Waals surface area contributed by atoms with Crippen LogP contribution in [0.15, 0.2) is 18.2 Å². The van der Waals surface area contributed by atoms with E-state index in [1.54, 1.807) is 14.0 Å². The summed E-state index contributed by atoms with van der Waals surface area (Å²) < 4.78 is 23.2. The first-order chi connectivity index (χ1) is 8.25. The Labute approximate surface area is 114 Å². The number of benzene rings is 1. The molecular weight excluding hydrogens is 270 g/mol. The number of aryl methyl sites for hydroxylation is 1. The Kier molecular flexibility index (Phi) is 5.20. The fraction of sp³-hybridized carbons (Fsp3) is 0.538. The molecular formula is C13H20ClNO2S. The standard InChI is InChI=1S/C13H20ClNO2S/c1-9-5-6-11(12(14)7-9)8-13(15-3)10(2)18(4,16)17/h5-7,10,13,15H,8H2,1-4H3. The van der Waals surface area contributed by atoms with Gasteiger partial charge in [-0.05, 0) is 44.5 Å². The molecule has 0 aliphatic rings. The SMILES string of the molecule is CNC(Cc1ccc(C)cc1Cl)C(C)S(C)(=O)=O. The monoisotopic (exact) mass is 289 g/mol. The van der Waals surface area contributed by atoms with Crippen LogP contribution in [0.3, 0.4) is 0 Å². The normalized spacial score (nSPS) is 15.4. The summed E-state index contributed by atoms with van der Waals surface area (Å²) in [5.74, 6) is 0. The van der Waals surface area contributed by atoms with E-state index in [0.29, 0.717) is 11.4 Å². The zero-order chi connectivity index (χ0) is 13.9. The molecule has 0 aliphatic carbocycles. The number of likely N-dealkylation sites (N-methyl/N-ethyl adjacent to an activating group) is 1. The molecule has 0 heterocycles. The molecule has 0 saturated heterocycles. The minimum atomic E-state index is -3.06. The number of halogens is 1. The van der Waals surface area contributed by atoms with Gasteiger partial charge in [-0.3, -0.25) is 0 Å². The van der Waals surface area contributed by atoms with Gasteiger partial charge in [-0.15, -0.1) is 0 Å². The number of hydrogen-bond acceptors (Lipinski definition) is 3. The van der Waals surface area contributed by atoms with Gasteiger partial charge in [-0.25, -0.2) is 8.42 Å². The quantitative estimate of drug-likeness (QED) is 0.904. The first kappa shape index (κ1) is 15.5. The summed E-state index contributed by atoms with van der Waals surface area (Å²) in [6.07, 6.45) is 1.86. The highest BCUT2D eigenvalue weighted by molar-refractivity contribution is 7.91. The molecule has 1 aromatic carbocycles. The van der Waals surface area contributed by atoms with Crippen LogP contribution in [0.25, 0.3) is 0 Å². The smallest absolute Gasteiger partial charge is 0.151 e. The molecule has 0 spiro atoms. The molecule has 0 bridgehead atoms. The van der Waals surface area contributed by atoms with Gasteiger partial charge in [0, 0.05) is 17.3 Å². The third-order valence-electron chi connectivity index (χ3n) is 3.26. The van der Waals surface area contributed by atoms with E-state index >= 15 is 0 Å². The van der Waals surface area contributed by atoms with Crippen LogP contribution in [0.1, 0.15) is 18.1 Å². The van der Waals surface area contributed by atoms with Crippen molar-refractivity contribution in [1.82, 2.24) is 5.32 Å². The molecule has 0 fully saturated rings. The Balaban J connectivity index is 2.93. The predicted octanol–water partition coefficient (Wildman–Crippen LogP) is 2.21. The third-order valence-corrected chi connectivity index (χ3v) is 5.29. The Morgan fingerprint density at radius 1 is 1.39 bits per heavy atom. The second kappa shape index (κ2) is 6.04. The van der Waals surface area contributed by atoms with Crippen molar-refractivity contribution in [2.75, 3.05) is 13.3 Å². The van der Waals surface area contributed by atoms with E-state index in [0.717, 1.165) is 11.1 Å². The van der Waals surface area contributed by atoms with Crippen LogP contribution in [0.5, 0.6) is 0 Å². The number of hydrogen-bond donors (Lipinski definition) is 1. The van der Waals surface area contributed by atoms with Crippen molar-refractivity contribution in [3.63, 3.8) is 0 Å². The minimum Gasteiger partial charge on any atom is -0.315 e. The van der Waals surface area contributed by atoms with Crippen molar-refractivity contribution in [2.24, 2.45) is 0 Å². The minimum absolute atomic E-state index is 0.139. The molecule has 1 rings (SSSR count). The first-order valence-electron chi connectivity index (χ1n) is 5.87. The van der Waals surface area contributed by atoms with Gasteiger partial charge >= 0.3 is 0 Å². The van der Waals surface area contributed by atoms with Gasteiger partial charge in [-0.2, -0.15) is 0 Å². The van der Waals surface area contributed by atoms with E-state index in [4.69, 9.17) is 11.6 Å². The van der Waals surface area contributed by atoms with E-state index < -0.39 is 15.1 Å². The Bertz CT molecular complexity index is 514. The molecule has 2 unspecified atom stereocenters. The van der Waals surface area contributed by atoms with Gasteiger partial charge in [0.2, 0.25) is 0 Å². The highest BCUT2D eigenvalue weighted by atomic mass is 35.5. The summed E-state index contributed by atoms with van der Waals surface area (Å²) in [6, 6.07) is 5.70. The average Bonchev–Trinajstić information content (AvgIpc) is 2.26. The lowest BCUT2D eigenvalue weighted by Crippen LogP contribution is -2.42. The maximum Gasteiger partial charge on any atom is 0.151 e. The van der Waals surface area contributed by atoms with Crippen molar-refractivity contribution >= 4 is 21.4 Å². The van der Waals surface area contributed by atoms with E-state index in [9.17, 15) is 8.42 Å². The molecule has 2 atom stereocenters. The molecule has 0 saturated carbocycles. The lowest BCUT2D eigenvalue weighted by atomic mass is 10.0. The average molecular weight is 290 g/mol. The van der Waals surface area contributed by atoms with Crippen molar-refractivity contribution in [1.29, 1.82) is 0 Å². The van der Waals surface area contributed by atoms with Crippen LogP contribution in [0.2, 0.25) is 5.02 Å². The van der Waals surface area contributed by atoms with Crippen LogP contribution >= 0.6 is 11.6 Å². The summed E-state index contributed by atoms with van der Waals surface area (Å²) in [4.78, 5) is 0. The Morgan fingerprint density at radius 3 is 2.44 bits per heavy atom. The molecule has 102 valence electrons. The number of rotatable bonds is 5. The molecule has 3 nitrogen and oxygen atoms in total. The molecule has 18 heavy (non-hydrogen) atoms. The van der Waals surface area contributed by atoms with Gasteiger partial charge in [0.25, 0.3) is 0 Å². The zero-order valence-electron chi connectivity index (χ0n) is 11.2. The van der Waals surface area contributed by atoms with Gasteiger partial charge in [-0.1, -0.05) is 23.7 Å². The van der Waals surface area contributed by atoms with E-state index in [1.807, 2.05) is 25.1 Å². The Hall–Kier alpha value is -0.580. The number of sulfone groups is 1. The Morgan fingerprint density at radius 2 is 2.00 bits per heavy atom. The molecule has 1 N–H and O–H groups in total. The summed E-state index contributed by atoms with van der Waals surface area (Å²) in [5.41, 5.74) is 2.07. The summed E-state index contributed by atoms with van der Waals surface area (Å²) in [5, 5.41) is 3.31. The topological polar surface area (TPSA) is 46.2 Å². The van der Waals surface area contributed by atoms with Gasteiger partial charge in [0.15, 0.2) is 9.84 Å². The van der Waals surface area contributed by atoms with E-state index in [1.165, 1.54) is 6.26 Å². The largest absolute Gasteiger partial charge is 0.315 e. The molecule has 0 amide bonds. The van der Waals surface area contributed by atoms with Gasteiger partial charge < -0.3 is 5.32 Å². The van der Waals surface area contributed by atoms with Crippen molar-refractivity contribution < 1.29 is 8.42 Å². The predicted molar refractivity (Wildman–Crippen MR) is 77.0 cm³/mol. The highest BCUT2D eigenvalue weighted by Gasteiger charge is 2.25. The van der Waals surface area contributed by atoms with E-state index in [-0.39, 0.29) is 6.04 Å². The fourth-order valence-electron chi connectivity index (χ4n) is 1.86. The fourth-order valence-corrected chi connectivity index (χ4v) is 3.00. The van der Waals surface area contributed by atoms with Crippen LogP contribution in [-0.2, 0) is 16.3 Å². The molecule has 5 heteroatoms. The summed E-state index contributed by atoms with van der Waals surface area (Å²) in [6.45, 7) is 3.70. The van der Waals surface area contributed by atoms with Crippen molar-refractivity contribution in [3.05, 3.63) is 34.3 Å². The first-order valence-corrected chi connectivity index (χ1v) is 8.20. The molecule has 0 aliphatic heterocycles. The highest BCUT2D eigenvalue weighted by Crippen LogP contribution is 2.21. The van der Waals surface area contributed by atoms with Gasteiger partial charge in [0.1, 0.15) is 0 Å². The number of nitrogens with one attached hydrogen (secondary N) is 1. The maximum absolute atomic E-state index is 11.6. The van der Waals surface area contributed by atoms with Crippen LogP contribution in [0.4, 0.5) is 0 Å². The molecule has 0 aromatic heterocycles. The molecule has 1 aromatic rings. The van der Waals surface area contributed by atoms with Crippen LogP contribution < -0.4 is 5.32 Å².